The molecule has 0 bridgehead atoms. The highest BCUT2D eigenvalue weighted by molar-refractivity contribution is 5.93. The van der Waals surface area contributed by atoms with Gasteiger partial charge in [0.05, 0.1) is 12.0 Å². The molecule has 1 heterocycles. The Labute approximate surface area is 134 Å². The molecule has 0 amide bonds. The number of carbonyl (C=O) groups excluding carboxylic acids is 1. The molecule has 0 unspecified atom stereocenters. The number of aromatic nitrogens is 1. The molecule has 6 nitrogen and oxygen atoms in total. The number of halogens is 1. The van der Waals surface area contributed by atoms with Crippen LogP contribution < -0.4 is 5.32 Å². The first-order valence-electron chi connectivity index (χ1n) is 7.69. The Bertz CT molecular complexity index is 598. The fourth-order valence-electron chi connectivity index (χ4n) is 2.82. The first-order chi connectivity index (χ1) is 10.9. The summed E-state index contributed by atoms with van der Waals surface area (Å²) in [6.45, 7) is 4.01. The zero-order valence-corrected chi connectivity index (χ0v) is 13.3. The van der Waals surface area contributed by atoms with Crippen molar-refractivity contribution in [3.05, 3.63) is 23.6 Å². The van der Waals surface area contributed by atoms with Crippen molar-refractivity contribution in [2.75, 3.05) is 11.9 Å². The summed E-state index contributed by atoms with van der Waals surface area (Å²) in [6, 6.07) is 2.16. The minimum absolute atomic E-state index is 0.0298. The molecule has 0 aromatic carbocycles. The zero-order valence-electron chi connectivity index (χ0n) is 13.3. The third kappa shape index (κ3) is 3.97. The lowest BCUT2D eigenvalue weighted by Crippen LogP contribution is -2.38. The number of hydrogen-bond acceptors (Lipinski definition) is 5. The number of nitrogens with one attached hydrogen (secondary N) is 1. The Morgan fingerprint density at radius 3 is 2.65 bits per heavy atom. The second-order valence-electron chi connectivity index (χ2n) is 6.04. The highest BCUT2D eigenvalue weighted by atomic mass is 19.1. The largest absolute Gasteiger partial charge is 0.478 e. The molecule has 7 heteroatoms. The van der Waals surface area contributed by atoms with E-state index >= 15 is 0 Å². The van der Waals surface area contributed by atoms with Gasteiger partial charge in [0, 0.05) is 6.04 Å². The van der Waals surface area contributed by atoms with Gasteiger partial charge in [-0.25, -0.2) is 9.78 Å². The van der Waals surface area contributed by atoms with Gasteiger partial charge in [0.2, 0.25) is 5.95 Å². The summed E-state index contributed by atoms with van der Waals surface area (Å²) >= 11 is 0. The standard InChI is InChI=1S/C16H21FN2O4/c1-3-23-15(22)16(2)8-6-10(7-9-16)18-13-11(14(20)21)4-5-12(17)19-13/h4-5,10H,3,6-9H2,1-2H3,(H,18,19)(H,20,21). The van der Waals surface area contributed by atoms with Crippen LogP contribution in [-0.2, 0) is 9.53 Å². The third-order valence-electron chi connectivity index (χ3n) is 4.29. The molecule has 0 saturated heterocycles. The second kappa shape index (κ2) is 6.93. The van der Waals surface area contributed by atoms with Crippen molar-refractivity contribution in [2.24, 2.45) is 5.41 Å². The van der Waals surface area contributed by atoms with Gasteiger partial charge in [-0.1, -0.05) is 0 Å². The highest BCUT2D eigenvalue weighted by Crippen LogP contribution is 2.38. The fraction of sp³-hybridized carbons (Fsp3) is 0.562. The van der Waals surface area contributed by atoms with Crippen molar-refractivity contribution < 1.29 is 23.8 Å². The molecule has 1 saturated carbocycles. The summed E-state index contributed by atoms with van der Waals surface area (Å²) in [5.41, 5.74) is -0.579. The van der Waals surface area contributed by atoms with Crippen LogP contribution in [0.5, 0.6) is 0 Å². The van der Waals surface area contributed by atoms with E-state index in [9.17, 15) is 14.0 Å². The van der Waals surface area contributed by atoms with Gasteiger partial charge in [0.1, 0.15) is 11.4 Å². The second-order valence-corrected chi connectivity index (χ2v) is 6.04. The van der Waals surface area contributed by atoms with Crippen molar-refractivity contribution in [3.8, 4) is 0 Å². The monoisotopic (exact) mass is 324 g/mol. The van der Waals surface area contributed by atoms with E-state index < -0.39 is 17.3 Å². The van der Waals surface area contributed by atoms with Crippen molar-refractivity contribution in [2.45, 2.75) is 45.6 Å². The van der Waals surface area contributed by atoms with Gasteiger partial charge in [-0.2, -0.15) is 4.39 Å². The lowest BCUT2D eigenvalue weighted by atomic mass is 9.74. The molecule has 1 fully saturated rings. The number of hydrogen-bond donors (Lipinski definition) is 2. The summed E-state index contributed by atoms with van der Waals surface area (Å²) < 4.78 is 18.4. The van der Waals surface area contributed by atoms with Crippen molar-refractivity contribution in [1.29, 1.82) is 0 Å². The van der Waals surface area contributed by atoms with E-state index in [1.54, 1.807) is 6.92 Å². The normalized spacial score (nSPS) is 24.0. The predicted molar refractivity (Wildman–Crippen MR) is 81.8 cm³/mol. The number of carbonyl (C=O) groups is 2. The molecule has 126 valence electrons. The number of carboxylic acid groups (broad SMARTS) is 1. The van der Waals surface area contributed by atoms with Gasteiger partial charge in [-0.05, 0) is 51.7 Å². The van der Waals surface area contributed by atoms with Crippen LogP contribution in [0.25, 0.3) is 0 Å². The highest BCUT2D eigenvalue weighted by Gasteiger charge is 2.39. The minimum Gasteiger partial charge on any atom is -0.478 e. The van der Waals surface area contributed by atoms with Gasteiger partial charge >= 0.3 is 11.9 Å². The van der Waals surface area contributed by atoms with Crippen LogP contribution in [-0.4, -0.2) is 34.7 Å². The average molecular weight is 324 g/mol. The number of aromatic carboxylic acids is 1. The van der Waals surface area contributed by atoms with Crippen LogP contribution in [0.4, 0.5) is 10.2 Å². The van der Waals surface area contributed by atoms with Crippen LogP contribution in [0, 0.1) is 11.4 Å². The smallest absolute Gasteiger partial charge is 0.339 e. The maximum Gasteiger partial charge on any atom is 0.339 e. The Morgan fingerprint density at radius 1 is 1.43 bits per heavy atom. The number of pyridine rings is 1. The molecule has 1 aliphatic rings. The van der Waals surface area contributed by atoms with E-state index in [4.69, 9.17) is 9.84 Å². The van der Waals surface area contributed by atoms with Crippen LogP contribution in [0.15, 0.2) is 12.1 Å². The number of ether oxygens (including phenoxy) is 1. The van der Waals surface area contributed by atoms with Gasteiger partial charge in [-0.3, -0.25) is 4.79 Å². The molecule has 0 aliphatic heterocycles. The first-order valence-corrected chi connectivity index (χ1v) is 7.69. The molecular formula is C16H21FN2O4. The SMILES string of the molecule is CCOC(=O)C1(C)CCC(Nc2nc(F)ccc2C(=O)O)CC1. The maximum absolute atomic E-state index is 13.3. The summed E-state index contributed by atoms with van der Waals surface area (Å²) in [4.78, 5) is 26.8. The topological polar surface area (TPSA) is 88.5 Å². The Balaban J connectivity index is 2.03. The summed E-state index contributed by atoms with van der Waals surface area (Å²) in [6.07, 6.45) is 2.57. The molecule has 0 atom stereocenters. The van der Waals surface area contributed by atoms with Crippen LogP contribution in [0.1, 0.15) is 49.9 Å². The molecule has 1 aromatic heterocycles. The van der Waals surface area contributed by atoms with Crippen molar-refractivity contribution >= 4 is 17.8 Å². The fourth-order valence-corrected chi connectivity index (χ4v) is 2.82. The molecular weight excluding hydrogens is 303 g/mol. The average Bonchev–Trinajstić information content (AvgIpc) is 2.50. The Hall–Kier alpha value is -2.18. The van der Waals surface area contributed by atoms with Crippen LogP contribution in [0.3, 0.4) is 0 Å². The molecule has 0 spiro atoms. The van der Waals surface area contributed by atoms with E-state index in [0.29, 0.717) is 32.3 Å². The number of nitrogens with zero attached hydrogens (tertiary/aromatic N) is 1. The van der Waals surface area contributed by atoms with Gasteiger partial charge in [0.25, 0.3) is 0 Å². The van der Waals surface area contributed by atoms with Crippen LogP contribution in [0.2, 0.25) is 0 Å². The molecule has 2 rings (SSSR count). The molecule has 1 aromatic rings. The third-order valence-corrected chi connectivity index (χ3v) is 4.29. The van der Waals surface area contributed by atoms with Crippen molar-refractivity contribution in [1.82, 2.24) is 4.98 Å². The van der Waals surface area contributed by atoms with E-state index in [-0.39, 0.29) is 23.4 Å². The Kier molecular flexibility index (Phi) is 5.18. The number of rotatable bonds is 5. The number of carboxylic acids is 1. The van der Waals surface area contributed by atoms with Crippen LogP contribution >= 0.6 is 0 Å². The van der Waals surface area contributed by atoms with E-state index in [2.05, 4.69) is 10.3 Å². The van der Waals surface area contributed by atoms with E-state index in [1.807, 2.05) is 6.92 Å². The summed E-state index contributed by atoms with van der Waals surface area (Å²) in [5.74, 6) is -2.06. The first kappa shape index (κ1) is 17.2. The molecule has 0 radical (unpaired) electrons. The maximum atomic E-state index is 13.3. The predicted octanol–water partition coefficient (Wildman–Crippen LogP) is 2.84. The lowest BCUT2D eigenvalue weighted by molar-refractivity contribution is -0.156. The number of anilines is 1. The Morgan fingerprint density at radius 2 is 2.09 bits per heavy atom. The van der Waals surface area contributed by atoms with E-state index in [1.165, 1.54) is 6.07 Å². The molecule has 23 heavy (non-hydrogen) atoms. The lowest BCUT2D eigenvalue weighted by Gasteiger charge is -2.35. The molecule has 1 aliphatic carbocycles. The van der Waals surface area contributed by atoms with Gasteiger partial charge in [0.15, 0.2) is 0 Å². The van der Waals surface area contributed by atoms with Gasteiger partial charge in [-0.15, -0.1) is 0 Å². The number of esters is 1. The zero-order chi connectivity index (χ0) is 17.0. The summed E-state index contributed by atoms with van der Waals surface area (Å²) in [5, 5.41) is 12.1. The van der Waals surface area contributed by atoms with Gasteiger partial charge < -0.3 is 15.2 Å². The quantitative estimate of drug-likeness (QED) is 0.639. The molecule has 2 N–H and O–H groups in total. The minimum atomic E-state index is -1.16. The van der Waals surface area contributed by atoms with E-state index in [0.717, 1.165) is 6.07 Å². The summed E-state index contributed by atoms with van der Waals surface area (Å²) in [7, 11) is 0. The van der Waals surface area contributed by atoms with Crippen molar-refractivity contribution in [3.63, 3.8) is 0 Å².